The molecule has 1 heterocycles. The molecule has 0 aliphatic rings. The maximum atomic E-state index is 4.32. The van der Waals surface area contributed by atoms with Gasteiger partial charge in [0.15, 0.2) is 0 Å². The van der Waals surface area contributed by atoms with Crippen molar-refractivity contribution in [3.63, 3.8) is 0 Å². The van der Waals surface area contributed by atoms with Crippen molar-refractivity contribution < 1.29 is 0 Å². The Bertz CT molecular complexity index is 453. The molecular weight excluding hydrogens is 258 g/mol. The Morgan fingerprint density at radius 1 is 1.16 bits per heavy atom. The SMILES string of the molecule is CCCn1cc(CNCCc2ccccc2)cn1.Cl. The predicted molar refractivity (Wildman–Crippen MR) is 81.6 cm³/mol. The van der Waals surface area contributed by atoms with Gasteiger partial charge in [-0.05, 0) is 24.9 Å². The molecule has 2 aromatic rings. The van der Waals surface area contributed by atoms with Crippen LogP contribution in [0.25, 0.3) is 0 Å². The van der Waals surface area contributed by atoms with Crippen LogP contribution in [0.15, 0.2) is 42.7 Å². The second-order valence-corrected chi connectivity index (χ2v) is 4.52. The van der Waals surface area contributed by atoms with Crippen LogP contribution in [0.2, 0.25) is 0 Å². The standard InChI is InChI=1S/C15H21N3.ClH/c1-2-10-18-13-15(12-17-18)11-16-9-8-14-6-4-3-5-7-14;/h3-7,12-13,16H,2,8-11H2,1H3;1H. The van der Waals surface area contributed by atoms with Gasteiger partial charge in [0.2, 0.25) is 0 Å². The van der Waals surface area contributed by atoms with Crippen LogP contribution in [-0.4, -0.2) is 16.3 Å². The third-order valence-electron chi connectivity index (χ3n) is 2.90. The number of nitrogens with one attached hydrogen (secondary N) is 1. The van der Waals surface area contributed by atoms with Gasteiger partial charge >= 0.3 is 0 Å². The first-order valence-corrected chi connectivity index (χ1v) is 6.64. The number of nitrogens with zero attached hydrogens (tertiary/aromatic N) is 2. The normalized spacial score (nSPS) is 10.2. The molecule has 1 N–H and O–H groups in total. The Morgan fingerprint density at radius 3 is 2.68 bits per heavy atom. The lowest BCUT2D eigenvalue weighted by Gasteiger charge is -2.03. The lowest BCUT2D eigenvalue weighted by atomic mass is 10.1. The molecule has 0 unspecified atom stereocenters. The van der Waals surface area contributed by atoms with E-state index in [9.17, 15) is 0 Å². The zero-order chi connectivity index (χ0) is 12.6. The van der Waals surface area contributed by atoms with E-state index in [-0.39, 0.29) is 12.4 Å². The lowest BCUT2D eigenvalue weighted by Crippen LogP contribution is -2.16. The molecule has 0 spiro atoms. The molecule has 0 saturated carbocycles. The number of aryl methyl sites for hydroxylation is 1. The second-order valence-electron chi connectivity index (χ2n) is 4.52. The van der Waals surface area contributed by atoms with Crippen molar-refractivity contribution in [1.82, 2.24) is 15.1 Å². The molecule has 0 amide bonds. The first kappa shape index (κ1) is 15.7. The third kappa shape index (κ3) is 5.45. The van der Waals surface area contributed by atoms with Crippen LogP contribution in [0.5, 0.6) is 0 Å². The van der Waals surface area contributed by atoms with Crippen molar-refractivity contribution in [2.75, 3.05) is 6.54 Å². The highest BCUT2D eigenvalue weighted by Crippen LogP contribution is 2.00. The van der Waals surface area contributed by atoms with E-state index in [1.165, 1.54) is 11.1 Å². The fraction of sp³-hybridized carbons (Fsp3) is 0.400. The minimum absolute atomic E-state index is 0. The maximum Gasteiger partial charge on any atom is 0.0534 e. The molecule has 4 heteroatoms. The van der Waals surface area contributed by atoms with Gasteiger partial charge in [-0.25, -0.2) is 0 Å². The predicted octanol–water partition coefficient (Wildman–Crippen LogP) is 3.05. The summed E-state index contributed by atoms with van der Waals surface area (Å²) in [6.45, 7) is 5.07. The monoisotopic (exact) mass is 279 g/mol. The molecule has 3 nitrogen and oxygen atoms in total. The Labute approximate surface area is 121 Å². The molecule has 104 valence electrons. The van der Waals surface area contributed by atoms with Crippen LogP contribution in [0.4, 0.5) is 0 Å². The Balaban J connectivity index is 0.00000180. The van der Waals surface area contributed by atoms with Gasteiger partial charge < -0.3 is 5.32 Å². The lowest BCUT2D eigenvalue weighted by molar-refractivity contribution is 0.601. The topological polar surface area (TPSA) is 29.9 Å². The van der Waals surface area contributed by atoms with Crippen LogP contribution < -0.4 is 5.32 Å². The van der Waals surface area contributed by atoms with E-state index < -0.39 is 0 Å². The Morgan fingerprint density at radius 2 is 1.95 bits per heavy atom. The van der Waals surface area contributed by atoms with Crippen molar-refractivity contribution >= 4 is 12.4 Å². The molecular formula is C15H22ClN3. The molecule has 0 aliphatic carbocycles. The molecule has 2 rings (SSSR count). The van der Waals surface area contributed by atoms with Crippen LogP contribution in [0.1, 0.15) is 24.5 Å². The van der Waals surface area contributed by atoms with Crippen molar-refractivity contribution in [2.45, 2.75) is 32.9 Å². The number of benzene rings is 1. The summed E-state index contributed by atoms with van der Waals surface area (Å²) in [5.41, 5.74) is 2.64. The summed E-state index contributed by atoms with van der Waals surface area (Å²) in [6, 6.07) is 10.6. The fourth-order valence-electron chi connectivity index (χ4n) is 1.96. The van der Waals surface area contributed by atoms with Crippen molar-refractivity contribution in [3.8, 4) is 0 Å². The average molecular weight is 280 g/mol. The van der Waals surface area contributed by atoms with E-state index in [4.69, 9.17) is 0 Å². The van der Waals surface area contributed by atoms with Gasteiger partial charge in [0, 0.05) is 24.8 Å². The van der Waals surface area contributed by atoms with E-state index in [1.807, 2.05) is 10.9 Å². The van der Waals surface area contributed by atoms with E-state index in [1.54, 1.807) is 0 Å². The van der Waals surface area contributed by atoms with Crippen LogP contribution in [-0.2, 0) is 19.5 Å². The number of rotatable bonds is 7. The summed E-state index contributed by atoms with van der Waals surface area (Å²) in [4.78, 5) is 0. The number of hydrogen-bond acceptors (Lipinski definition) is 2. The highest BCUT2D eigenvalue weighted by molar-refractivity contribution is 5.85. The van der Waals surface area contributed by atoms with E-state index in [2.05, 4.69) is 53.9 Å². The Hall–Kier alpha value is -1.32. The molecule has 0 bridgehead atoms. The second kappa shape index (κ2) is 8.73. The molecule has 0 radical (unpaired) electrons. The summed E-state index contributed by atoms with van der Waals surface area (Å²) in [5, 5.41) is 7.77. The highest BCUT2D eigenvalue weighted by Gasteiger charge is 1.97. The van der Waals surface area contributed by atoms with Gasteiger partial charge in [-0.1, -0.05) is 37.3 Å². The molecule has 19 heavy (non-hydrogen) atoms. The van der Waals surface area contributed by atoms with Crippen LogP contribution >= 0.6 is 12.4 Å². The summed E-state index contributed by atoms with van der Waals surface area (Å²) in [6.07, 6.45) is 6.27. The van der Waals surface area contributed by atoms with Gasteiger partial charge in [-0.2, -0.15) is 5.10 Å². The maximum absolute atomic E-state index is 4.32. The highest BCUT2D eigenvalue weighted by atomic mass is 35.5. The number of halogens is 1. The minimum atomic E-state index is 0. The average Bonchev–Trinajstić information content (AvgIpc) is 2.84. The van der Waals surface area contributed by atoms with Gasteiger partial charge in [-0.3, -0.25) is 4.68 Å². The molecule has 0 saturated heterocycles. The summed E-state index contributed by atoms with van der Waals surface area (Å²) in [5.74, 6) is 0. The number of hydrogen-bond donors (Lipinski definition) is 1. The number of aromatic nitrogens is 2. The largest absolute Gasteiger partial charge is 0.312 e. The van der Waals surface area contributed by atoms with Gasteiger partial charge in [-0.15, -0.1) is 12.4 Å². The third-order valence-corrected chi connectivity index (χ3v) is 2.90. The van der Waals surface area contributed by atoms with E-state index in [0.29, 0.717) is 0 Å². The summed E-state index contributed by atoms with van der Waals surface area (Å²) < 4.78 is 2.01. The van der Waals surface area contributed by atoms with E-state index >= 15 is 0 Å². The zero-order valence-electron chi connectivity index (χ0n) is 11.4. The Kier molecular flexibility index (Phi) is 7.23. The van der Waals surface area contributed by atoms with Gasteiger partial charge in [0.1, 0.15) is 0 Å². The van der Waals surface area contributed by atoms with Crippen molar-refractivity contribution in [1.29, 1.82) is 0 Å². The van der Waals surface area contributed by atoms with Gasteiger partial charge in [0.05, 0.1) is 6.20 Å². The van der Waals surface area contributed by atoms with Crippen molar-refractivity contribution in [2.24, 2.45) is 0 Å². The zero-order valence-corrected chi connectivity index (χ0v) is 12.2. The van der Waals surface area contributed by atoms with E-state index in [0.717, 1.165) is 32.5 Å². The first-order chi connectivity index (χ1) is 8.88. The molecule has 0 aliphatic heterocycles. The van der Waals surface area contributed by atoms with Gasteiger partial charge in [0.25, 0.3) is 0 Å². The fourth-order valence-corrected chi connectivity index (χ4v) is 1.96. The quantitative estimate of drug-likeness (QED) is 0.790. The molecule has 0 fully saturated rings. The van der Waals surface area contributed by atoms with Crippen LogP contribution in [0, 0.1) is 0 Å². The summed E-state index contributed by atoms with van der Waals surface area (Å²) >= 11 is 0. The minimum Gasteiger partial charge on any atom is -0.312 e. The summed E-state index contributed by atoms with van der Waals surface area (Å²) in [7, 11) is 0. The smallest absolute Gasteiger partial charge is 0.0534 e. The molecule has 1 aromatic heterocycles. The molecule has 1 aromatic carbocycles. The first-order valence-electron chi connectivity index (χ1n) is 6.64. The van der Waals surface area contributed by atoms with Crippen LogP contribution in [0.3, 0.4) is 0 Å². The molecule has 0 atom stereocenters. The van der Waals surface area contributed by atoms with Crippen molar-refractivity contribution in [3.05, 3.63) is 53.9 Å².